The average molecular weight is 236 g/mol. The van der Waals surface area contributed by atoms with E-state index in [4.69, 9.17) is 10.5 Å². The van der Waals surface area contributed by atoms with Gasteiger partial charge in [-0.3, -0.25) is 4.79 Å². The van der Waals surface area contributed by atoms with Gasteiger partial charge in [-0.1, -0.05) is 6.07 Å². The van der Waals surface area contributed by atoms with Crippen LogP contribution in [0.15, 0.2) is 18.2 Å². The molecular weight excluding hydrogens is 216 g/mol. The number of ether oxygens (including phenoxy) is 1. The van der Waals surface area contributed by atoms with Crippen molar-refractivity contribution in [3.63, 3.8) is 0 Å². The van der Waals surface area contributed by atoms with E-state index in [0.717, 1.165) is 24.1 Å². The van der Waals surface area contributed by atoms with Crippen molar-refractivity contribution in [2.75, 3.05) is 18.5 Å². The summed E-state index contributed by atoms with van der Waals surface area (Å²) in [7, 11) is 0. The van der Waals surface area contributed by atoms with Crippen LogP contribution in [0.5, 0.6) is 5.75 Å². The molecule has 1 rings (SSSR count). The second-order valence-electron chi connectivity index (χ2n) is 3.84. The van der Waals surface area contributed by atoms with Gasteiger partial charge in [0, 0.05) is 6.92 Å². The molecular formula is C13H20N2O2. The topological polar surface area (TPSA) is 64.3 Å². The van der Waals surface area contributed by atoms with E-state index in [9.17, 15) is 4.79 Å². The lowest BCUT2D eigenvalue weighted by Gasteiger charge is -2.12. The van der Waals surface area contributed by atoms with Gasteiger partial charge in [-0.25, -0.2) is 0 Å². The van der Waals surface area contributed by atoms with E-state index in [1.807, 2.05) is 25.1 Å². The number of carbonyl (C=O) groups excluding carboxylic acids is 1. The normalized spacial score (nSPS) is 10.1. The minimum absolute atomic E-state index is 0.0954. The number of anilines is 1. The van der Waals surface area contributed by atoms with Crippen LogP contribution < -0.4 is 15.8 Å². The highest BCUT2D eigenvalue weighted by Crippen LogP contribution is 2.26. The Morgan fingerprint density at radius 3 is 2.82 bits per heavy atom. The molecule has 0 radical (unpaired) electrons. The van der Waals surface area contributed by atoms with Gasteiger partial charge in [-0.15, -0.1) is 0 Å². The Kier molecular flexibility index (Phi) is 5.49. The highest BCUT2D eigenvalue weighted by Gasteiger charge is 2.06. The van der Waals surface area contributed by atoms with E-state index in [2.05, 4.69) is 5.32 Å². The Bertz CT molecular complexity index is 378. The third-order valence-corrected chi connectivity index (χ3v) is 2.32. The van der Waals surface area contributed by atoms with Gasteiger partial charge < -0.3 is 15.8 Å². The summed E-state index contributed by atoms with van der Waals surface area (Å²) in [4.78, 5) is 11.1. The third-order valence-electron chi connectivity index (χ3n) is 2.32. The molecule has 0 bridgehead atoms. The largest absolute Gasteiger partial charge is 0.492 e. The maximum atomic E-state index is 11.1. The van der Waals surface area contributed by atoms with Gasteiger partial charge in [0.1, 0.15) is 5.75 Å². The van der Waals surface area contributed by atoms with E-state index in [0.29, 0.717) is 18.9 Å². The standard InChI is InChI=1S/C13H20N2O2/c1-3-17-13-7-6-11(5-4-8-14)9-12(13)15-10(2)16/h6-7,9H,3-5,8,14H2,1-2H3,(H,15,16). The molecule has 0 spiro atoms. The first-order valence-corrected chi connectivity index (χ1v) is 5.90. The van der Waals surface area contributed by atoms with Crippen molar-refractivity contribution in [1.82, 2.24) is 0 Å². The van der Waals surface area contributed by atoms with Crippen LogP contribution >= 0.6 is 0 Å². The zero-order chi connectivity index (χ0) is 12.7. The van der Waals surface area contributed by atoms with Crippen molar-refractivity contribution in [1.29, 1.82) is 0 Å². The SMILES string of the molecule is CCOc1ccc(CCCN)cc1NC(C)=O. The number of hydrogen-bond acceptors (Lipinski definition) is 3. The second kappa shape index (κ2) is 6.91. The van der Waals surface area contributed by atoms with Gasteiger partial charge in [-0.05, 0) is 44.0 Å². The van der Waals surface area contributed by atoms with Crippen LogP contribution in [0.1, 0.15) is 25.8 Å². The molecule has 0 aromatic heterocycles. The van der Waals surface area contributed by atoms with Crippen molar-refractivity contribution >= 4 is 11.6 Å². The quantitative estimate of drug-likeness (QED) is 0.793. The molecule has 94 valence electrons. The number of benzene rings is 1. The van der Waals surface area contributed by atoms with Crippen molar-refractivity contribution < 1.29 is 9.53 Å². The molecule has 0 aliphatic rings. The molecule has 0 atom stereocenters. The van der Waals surface area contributed by atoms with E-state index >= 15 is 0 Å². The zero-order valence-electron chi connectivity index (χ0n) is 10.5. The van der Waals surface area contributed by atoms with Gasteiger partial charge in [0.15, 0.2) is 0 Å². The number of amides is 1. The number of nitrogens with two attached hydrogens (primary N) is 1. The first kappa shape index (κ1) is 13.5. The van der Waals surface area contributed by atoms with Crippen LogP contribution in [0.2, 0.25) is 0 Å². The van der Waals surface area contributed by atoms with Gasteiger partial charge >= 0.3 is 0 Å². The minimum atomic E-state index is -0.0954. The number of nitrogens with one attached hydrogen (secondary N) is 1. The maximum absolute atomic E-state index is 11.1. The molecule has 1 aromatic carbocycles. The highest BCUT2D eigenvalue weighted by molar-refractivity contribution is 5.90. The fourth-order valence-corrected chi connectivity index (χ4v) is 1.61. The lowest BCUT2D eigenvalue weighted by molar-refractivity contribution is -0.114. The molecule has 4 heteroatoms. The number of rotatable bonds is 6. The average Bonchev–Trinajstić information content (AvgIpc) is 2.29. The summed E-state index contributed by atoms with van der Waals surface area (Å²) in [6, 6.07) is 5.84. The van der Waals surface area contributed by atoms with Crippen molar-refractivity contribution in [3.05, 3.63) is 23.8 Å². The Balaban J connectivity index is 2.88. The van der Waals surface area contributed by atoms with Gasteiger partial charge in [-0.2, -0.15) is 0 Å². The molecule has 1 amide bonds. The fourth-order valence-electron chi connectivity index (χ4n) is 1.61. The van der Waals surface area contributed by atoms with E-state index in [1.165, 1.54) is 6.92 Å². The van der Waals surface area contributed by atoms with Crippen LogP contribution in [0.3, 0.4) is 0 Å². The number of carbonyl (C=O) groups is 1. The third kappa shape index (κ3) is 4.44. The smallest absolute Gasteiger partial charge is 0.221 e. The predicted octanol–water partition coefficient (Wildman–Crippen LogP) is 1.93. The van der Waals surface area contributed by atoms with Crippen LogP contribution in [0.25, 0.3) is 0 Å². The first-order chi connectivity index (χ1) is 8.17. The number of aryl methyl sites for hydroxylation is 1. The monoisotopic (exact) mass is 236 g/mol. The van der Waals surface area contributed by atoms with Crippen molar-refractivity contribution in [2.24, 2.45) is 5.73 Å². The molecule has 0 heterocycles. The zero-order valence-corrected chi connectivity index (χ0v) is 10.5. The molecule has 0 saturated carbocycles. The van der Waals surface area contributed by atoms with Crippen LogP contribution in [-0.4, -0.2) is 19.1 Å². The van der Waals surface area contributed by atoms with E-state index < -0.39 is 0 Å². The van der Waals surface area contributed by atoms with E-state index in [-0.39, 0.29) is 5.91 Å². The molecule has 17 heavy (non-hydrogen) atoms. The molecule has 3 N–H and O–H groups in total. The number of hydrogen-bond donors (Lipinski definition) is 2. The summed E-state index contributed by atoms with van der Waals surface area (Å²) in [5, 5.41) is 2.78. The summed E-state index contributed by atoms with van der Waals surface area (Å²) in [5.74, 6) is 0.612. The molecule has 4 nitrogen and oxygen atoms in total. The predicted molar refractivity (Wildman–Crippen MR) is 69.3 cm³/mol. The maximum Gasteiger partial charge on any atom is 0.221 e. The van der Waals surface area contributed by atoms with E-state index in [1.54, 1.807) is 0 Å². The lowest BCUT2D eigenvalue weighted by atomic mass is 10.1. The molecule has 0 aliphatic carbocycles. The molecule has 0 unspecified atom stereocenters. The summed E-state index contributed by atoms with van der Waals surface area (Å²) in [5.41, 5.74) is 7.36. The Hall–Kier alpha value is -1.55. The Morgan fingerprint density at radius 2 is 2.24 bits per heavy atom. The summed E-state index contributed by atoms with van der Waals surface area (Å²) in [6.45, 7) is 4.65. The van der Waals surface area contributed by atoms with Crippen molar-refractivity contribution in [3.8, 4) is 5.75 Å². The summed E-state index contributed by atoms with van der Waals surface area (Å²) in [6.07, 6.45) is 1.85. The first-order valence-electron chi connectivity index (χ1n) is 5.90. The molecule has 0 fully saturated rings. The van der Waals surface area contributed by atoms with Crippen LogP contribution in [-0.2, 0) is 11.2 Å². The fraction of sp³-hybridized carbons (Fsp3) is 0.462. The highest BCUT2D eigenvalue weighted by atomic mass is 16.5. The van der Waals surface area contributed by atoms with Crippen molar-refractivity contribution in [2.45, 2.75) is 26.7 Å². The van der Waals surface area contributed by atoms with Gasteiger partial charge in [0.05, 0.1) is 12.3 Å². The Labute approximate surface area is 102 Å². The van der Waals surface area contributed by atoms with Crippen LogP contribution in [0, 0.1) is 0 Å². The van der Waals surface area contributed by atoms with Crippen LogP contribution in [0.4, 0.5) is 5.69 Å². The second-order valence-corrected chi connectivity index (χ2v) is 3.84. The summed E-state index contributed by atoms with van der Waals surface area (Å²) < 4.78 is 5.46. The Morgan fingerprint density at radius 1 is 1.47 bits per heavy atom. The molecule has 0 saturated heterocycles. The van der Waals surface area contributed by atoms with Gasteiger partial charge in [0.2, 0.25) is 5.91 Å². The van der Waals surface area contributed by atoms with Gasteiger partial charge in [0.25, 0.3) is 0 Å². The summed E-state index contributed by atoms with van der Waals surface area (Å²) >= 11 is 0. The lowest BCUT2D eigenvalue weighted by Crippen LogP contribution is -2.08. The molecule has 0 aliphatic heterocycles. The molecule has 1 aromatic rings. The minimum Gasteiger partial charge on any atom is -0.492 e.